The molecule has 1 amide bonds. The van der Waals surface area contributed by atoms with Crippen LogP contribution in [0.3, 0.4) is 0 Å². The number of benzene rings is 2. The zero-order chi connectivity index (χ0) is 22.7. The van der Waals surface area contributed by atoms with Crippen LogP contribution in [0.1, 0.15) is 30.2 Å². The molecule has 0 radical (unpaired) electrons. The molecule has 1 atom stereocenters. The van der Waals surface area contributed by atoms with Crippen LogP contribution < -0.4 is 10.9 Å². The van der Waals surface area contributed by atoms with E-state index in [-0.39, 0.29) is 23.9 Å². The number of amides is 1. The van der Waals surface area contributed by atoms with Crippen molar-refractivity contribution in [1.82, 2.24) is 24.5 Å². The van der Waals surface area contributed by atoms with E-state index in [2.05, 4.69) is 27.5 Å². The van der Waals surface area contributed by atoms with Gasteiger partial charge >= 0.3 is 0 Å². The van der Waals surface area contributed by atoms with Crippen molar-refractivity contribution >= 4 is 11.7 Å². The first-order valence-electron chi connectivity index (χ1n) is 10.8. The summed E-state index contributed by atoms with van der Waals surface area (Å²) >= 11 is 0. The predicted octanol–water partition coefficient (Wildman–Crippen LogP) is 3.08. The van der Waals surface area contributed by atoms with E-state index in [1.807, 2.05) is 74.0 Å². The lowest BCUT2D eigenvalue weighted by Gasteiger charge is -2.15. The minimum atomic E-state index is -0.308. The molecule has 0 fully saturated rings. The molecule has 7 heteroatoms. The lowest BCUT2D eigenvalue weighted by Crippen LogP contribution is -2.36. The Morgan fingerprint density at radius 1 is 1.06 bits per heavy atom. The van der Waals surface area contributed by atoms with Crippen LogP contribution in [0.25, 0.3) is 17.2 Å². The van der Waals surface area contributed by atoms with Crippen molar-refractivity contribution in [1.29, 1.82) is 0 Å². The molecule has 0 aliphatic heterocycles. The summed E-state index contributed by atoms with van der Waals surface area (Å²) in [6.45, 7) is 3.82. The summed E-state index contributed by atoms with van der Waals surface area (Å²) in [6.07, 6.45) is 1.72. The fourth-order valence-electron chi connectivity index (χ4n) is 3.79. The highest BCUT2D eigenvalue weighted by Crippen LogP contribution is 2.16. The van der Waals surface area contributed by atoms with Gasteiger partial charge in [0.05, 0.1) is 6.42 Å². The molecular weight excluding hydrogens is 402 g/mol. The maximum atomic E-state index is 13.1. The molecule has 2 heterocycles. The third-order valence-electron chi connectivity index (χ3n) is 5.77. The van der Waals surface area contributed by atoms with Crippen LogP contribution in [0.15, 0.2) is 65.5 Å². The molecule has 4 aromatic rings. The van der Waals surface area contributed by atoms with Gasteiger partial charge in [-0.1, -0.05) is 60.7 Å². The van der Waals surface area contributed by atoms with Gasteiger partial charge in [0.1, 0.15) is 0 Å². The zero-order valence-electron chi connectivity index (χ0n) is 18.6. The van der Waals surface area contributed by atoms with Gasteiger partial charge in [0, 0.05) is 29.9 Å². The molecular formula is C25H27N5O2. The minimum Gasteiger partial charge on any atom is -0.353 e. The van der Waals surface area contributed by atoms with Crippen LogP contribution in [0.2, 0.25) is 0 Å². The van der Waals surface area contributed by atoms with Gasteiger partial charge in [-0.25, -0.2) is 0 Å². The van der Waals surface area contributed by atoms with E-state index < -0.39 is 0 Å². The molecule has 0 bridgehead atoms. The maximum Gasteiger partial charge on any atom is 0.279 e. The molecule has 0 saturated heterocycles. The highest BCUT2D eigenvalue weighted by molar-refractivity contribution is 5.79. The molecule has 7 nitrogen and oxygen atoms in total. The van der Waals surface area contributed by atoms with Crippen molar-refractivity contribution in [3.63, 3.8) is 0 Å². The molecule has 0 spiro atoms. The Morgan fingerprint density at radius 3 is 2.41 bits per heavy atom. The van der Waals surface area contributed by atoms with E-state index in [0.29, 0.717) is 22.9 Å². The monoisotopic (exact) mass is 429 g/mol. The van der Waals surface area contributed by atoms with E-state index in [4.69, 9.17) is 0 Å². The largest absolute Gasteiger partial charge is 0.353 e. The summed E-state index contributed by atoms with van der Waals surface area (Å²) < 4.78 is 3.10. The van der Waals surface area contributed by atoms with Gasteiger partial charge < -0.3 is 9.88 Å². The second kappa shape index (κ2) is 9.18. The number of hydrogen-bond acceptors (Lipinski definition) is 4. The van der Waals surface area contributed by atoms with Gasteiger partial charge in [-0.15, -0.1) is 5.10 Å². The molecule has 1 N–H and O–H groups in total. The highest BCUT2D eigenvalue weighted by atomic mass is 16.2. The average Bonchev–Trinajstić information content (AvgIpc) is 3.26. The van der Waals surface area contributed by atoms with Crippen LogP contribution >= 0.6 is 0 Å². The molecule has 0 unspecified atom stereocenters. The quantitative estimate of drug-likeness (QED) is 0.490. The van der Waals surface area contributed by atoms with Gasteiger partial charge in [0.15, 0.2) is 5.82 Å². The normalized spacial score (nSPS) is 12.1. The van der Waals surface area contributed by atoms with Crippen LogP contribution in [0.5, 0.6) is 0 Å². The van der Waals surface area contributed by atoms with Crippen molar-refractivity contribution in [3.8, 4) is 11.4 Å². The predicted molar refractivity (Wildman–Crippen MR) is 124 cm³/mol. The van der Waals surface area contributed by atoms with Gasteiger partial charge in [-0.05, 0) is 32.3 Å². The van der Waals surface area contributed by atoms with Crippen LogP contribution in [-0.2, 0) is 24.7 Å². The molecule has 164 valence electrons. The molecule has 4 rings (SSSR count). The third-order valence-corrected chi connectivity index (χ3v) is 5.77. The first-order chi connectivity index (χ1) is 15.4. The summed E-state index contributed by atoms with van der Waals surface area (Å²) in [7, 11) is 1.83. The average molecular weight is 430 g/mol. The Morgan fingerprint density at radius 2 is 1.72 bits per heavy atom. The lowest BCUT2D eigenvalue weighted by atomic mass is 10.1. The molecule has 0 aliphatic carbocycles. The summed E-state index contributed by atoms with van der Waals surface area (Å²) in [6, 6.07) is 19.7. The highest BCUT2D eigenvalue weighted by Gasteiger charge is 2.19. The van der Waals surface area contributed by atoms with E-state index in [0.717, 1.165) is 18.4 Å². The summed E-state index contributed by atoms with van der Waals surface area (Å²) in [5, 5.41) is 7.44. The Hall–Kier alpha value is -3.74. The summed E-state index contributed by atoms with van der Waals surface area (Å²) in [5.41, 5.74) is 2.90. The first kappa shape index (κ1) is 21.5. The molecule has 2 aromatic heterocycles. The van der Waals surface area contributed by atoms with E-state index in [9.17, 15) is 9.59 Å². The lowest BCUT2D eigenvalue weighted by molar-refractivity contribution is -0.121. The molecule has 2 aromatic carbocycles. The number of hydrogen-bond donors (Lipinski definition) is 1. The molecule has 32 heavy (non-hydrogen) atoms. The number of carbonyl (C=O) groups is 1. The third kappa shape index (κ3) is 4.46. The smallest absolute Gasteiger partial charge is 0.279 e. The summed E-state index contributed by atoms with van der Waals surface area (Å²) in [5.74, 6) is 0.758. The Bertz CT molecular complexity index is 1290. The number of aromatic nitrogens is 4. The van der Waals surface area contributed by atoms with Crippen molar-refractivity contribution in [2.75, 3.05) is 0 Å². The molecule has 0 saturated carbocycles. The van der Waals surface area contributed by atoms with Crippen molar-refractivity contribution in [2.45, 2.75) is 39.2 Å². The summed E-state index contributed by atoms with van der Waals surface area (Å²) in [4.78, 5) is 30.4. The van der Waals surface area contributed by atoms with Gasteiger partial charge in [-0.2, -0.15) is 9.50 Å². The second-order valence-corrected chi connectivity index (χ2v) is 8.11. The van der Waals surface area contributed by atoms with E-state index in [1.54, 1.807) is 0 Å². The van der Waals surface area contributed by atoms with Crippen LogP contribution in [-0.4, -0.2) is 31.1 Å². The van der Waals surface area contributed by atoms with Crippen molar-refractivity contribution in [2.24, 2.45) is 7.05 Å². The Kier molecular flexibility index (Phi) is 6.16. The molecule has 0 aliphatic rings. The Balaban J connectivity index is 1.52. The number of nitrogens with zero attached hydrogens (tertiary/aromatic N) is 4. The van der Waals surface area contributed by atoms with Crippen molar-refractivity contribution < 1.29 is 4.79 Å². The topological polar surface area (TPSA) is 81.3 Å². The van der Waals surface area contributed by atoms with Crippen LogP contribution in [0.4, 0.5) is 0 Å². The van der Waals surface area contributed by atoms with Gasteiger partial charge in [0.25, 0.3) is 5.56 Å². The van der Waals surface area contributed by atoms with Crippen molar-refractivity contribution in [3.05, 3.63) is 87.8 Å². The number of aryl methyl sites for hydroxylation is 2. The minimum absolute atomic E-state index is 0.00462. The van der Waals surface area contributed by atoms with E-state index >= 15 is 0 Å². The zero-order valence-corrected chi connectivity index (χ0v) is 18.6. The number of rotatable bonds is 7. The Labute approximate surface area is 186 Å². The SMILES string of the molecule is Cc1c(CC(=O)N[C@H](C)CCc2ccccc2)c(=O)n2nc(-c3ccccc3)nc2n1C. The van der Waals surface area contributed by atoms with Gasteiger partial charge in [0.2, 0.25) is 11.7 Å². The first-order valence-corrected chi connectivity index (χ1v) is 10.8. The second-order valence-electron chi connectivity index (χ2n) is 8.11. The van der Waals surface area contributed by atoms with Crippen LogP contribution in [0, 0.1) is 6.92 Å². The number of fused-ring (bicyclic) bond motifs is 1. The number of carbonyl (C=O) groups excluding carboxylic acids is 1. The van der Waals surface area contributed by atoms with E-state index in [1.165, 1.54) is 10.1 Å². The maximum absolute atomic E-state index is 13.1. The standard InChI is InChI=1S/C25H27N5O2/c1-17(14-15-19-10-6-4-7-11-19)26-22(31)16-21-18(2)29(3)25-27-23(28-30(25)24(21)32)20-12-8-5-9-13-20/h4-13,17H,14-16H2,1-3H3,(H,26,31)/t17-/m1/s1. The fraction of sp³-hybridized carbons (Fsp3) is 0.280. The van der Waals surface area contributed by atoms with Gasteiger partial charge in [-0.3, -0.25) is 9.59 Å². The number of nitrogens with one attached hydrogen (secondary N) is 1. The fourth-order valence-corrected chi connectivity index (χ4v) is 3.79.